The van der Waals surface area contributed by atoms with Gasteiger partial charge in [0, 0.05) is 52.9 Å². The number of amides is 1. The number of hydrogen-bond acceptors (Lipinski definition) is 3. The van der Waals surface area contributed by atoms with E-state index in [1.54, 1.807) is 26.0 Å². The van der Waals surface area contributed by atoms with E-state index in [1.807, 2.05) is 30.3 Å². The molecule has 0 aliphatic heterocycles. The van der Waals surface area contributed by atoms with E-state index in [0.717, 1.165) is 49.7 Å². The summed E-state index contributed by atoms with van der Waals surface area (Å²) in [5.74, 6) is 0.815. The van der Waals surface area contributed by atoms with Crippen molar-refractivity contribution in [3.8, 4) is 0 Å². The van der Waals surface area contributed by atoms with Crippen molar-refractivity contribution in [1.29, 1.82) is 0 Å². The molecule has 2 aromatic carbocycles. The molecule has 2 N–H and O–H groups in total. The van der Waals surface area contributed by atoms with Gasteiger partial charge in [0.05, 0.1) is 0 Å². The summed E-state index contributed by atoms with van der Waals surface area (Å²) < 4.78 is 0. The van der Waals surface area contributed by atoms with Crippen LogP contribution in [0, 0.1) is 0 Å². The molecule has 0 unspecified atom stereocenters. The number of hydrogen-bond donors (Lipinski definition) is 2. The molecular formula is C23H33N5O. The molecule has 0 aromatic heterocycles. The van der Waals surface area contributed by atoms with Crippen LogP contribution in [0.25, 0.3) is 0 Å². The van der Waals surface area contributed by atoms with Gasteiger partial charge in [-0.15, -0.1) is 0 Å². The molecule has 0 atom stereocenters. The maximum absolute atomic E-state index is 12.1. The summed E-state index contributed by atoms with van der Waals surface area (Å²) in [6.07, 6.45) is 0.823. The number of likely N-dealkylation sites (N-methyl/N-ethyl adjacent to an activating group) is 1. The Bertz CT molecular complexity index is 789. The maximum Gasteiger partial charge on any atom is 0.253 e. The number of guanidine groups is 1. The second kappa shape index (κ2) is 11.9. The predicted octanol–water partition coefficient (Wildman–Crippen LogP) is 2.23. The lowest BCUT2D eigenvalue weighted by molar-refractivity contribution is 0.0827. The summed E-state index contributed by atoms with van der Waals surface area (Å²) in [6.45, 7) is 3.41. The fraction of sp³-hybridized carbons (Fsp3) is 0.391. The summed E-state index contributed by atoms with van der Waals surface area (Å²) in [5.41, 5.74) is 3.16. The number of carbonyl (C=O) groups is 1. The van der Waals surface area contributed by atoms with Crippen LogP contribution in [-0.4, -0.2) is 69.5 Å². The van der Waals surface area contributed by atoms with Gasteiger partial charge in [0.15, 0.2) is 5.96 Å². The van der Waals surface area contributed by atoms with Gasteiger partial charge in [0.1, 0.15) is 0 Å². The average molecular weight is 396 g/mol. The number of carbonyl (C=O) groups excluding carboxylic acids is 1. The largest absolute Gasteiger partial charge is 0.356 e. The zero-order chi connectivity index (χ0) is 21.1. The number of benzene rings is 2. The van der Waals surface area contributed by atoms with Crippen LogP contribution < -0.4 is 10.6 Å². The van der Waals surface area contributed by atoms with Crippen molar-refractivity contribution in [3.05, 3.63) is 71.3 Å². The average Bonchev–Trinajstić information content (AvgIpc) is 2.73. The van der Waals surface area contributed by atoms with Crippen molar-refractivity contribution >= 4 is 11.9 Å². The third-order valence-electron chi connectivity index (χ3n) is 4.59. The van der Waals surface area contributed by atoms with Crippen molar-refractivity contribution in [3.63, 3.8) is 0 Å². The molecule has 0 bridgehead atoms. The first-order chi connectivity index (χ1) is 14.0. The smallest absolute Gasteiger partial charge is 0.253 e. The van der Waals surface area contributed by atoms with Crippen molar-refractivity contribution in [2.75, 3.05) is 47.8 Å². The Labute approximate surface area is 174 Å². The predicted molar refractivity (Wildman–Crippen MR) is 120 cm³/mol. The van der Waals surface area contributed by atoms with Crippen molar-refractivity contribution in [2.45, 2.75) is 13.0 Å². The zero-order valence-electron chi connectivity index (χ0n) is 18.0. The monoisotopic (exact) mass is 395 g/mol. The van der Waals surface area contributed by atoms with E-state index < -0.39 is 0 Å². The van der Waals surface area contributed by atoms with E-state index in [0.29, 0.717) is 0 Å². The molecule has 0 radical (unpaired) electrons. The lowest BCUT2D eigenvalue weighted by Gasteiger charge is -2.18. The van der Waals surface area contributed by atoms with Crippen LogP contribution in [0.2, 0.25) is 0 Å². The standard InChI is InChI=1S/C23H33N5O/c1-24-23(26-15-16-28(4)18-20-9-6-5-7-10-20)25-14-13-19-11-8-12-21(17-19)22(29)27(2)3/h5-12,17H,13-16,18H2,1-4H3,(H2,24,25,26). The minimum Gasteiger partial charge on any atom is -0.356 e. The topological polar surface area (TPSA) is 60.0 Å². The van der Waals surface area contributed by atoms with E-state index in [9.17, 15) is 4.79 Å². The molecule has 6 heteroatoms. The summed E-state index contributed by atoms with van der Waals surface area (Å²) >= 11 is 0. The van der Waals surface area contributed by atoms with E-state index in [4.69, 9.17) is 0 Å². The second-order valence-corrected chi connectivity index (χ2v) is 7.30. The Balaban J connectivity index is 1.71. The fourth-order valence-corrected chi connectivity index (χ4v) is 3.00. The molecule has 2 aromatic rings. The molecule has 156 valence electrons. The van der Waals surface area contributed by atoms with E-state index in [-0.39, 0.29) is 5.91 Å². The van der Waals surface area contributed by atoms with Crippen LogP contribution in [0.4, 0.5) is 0 Å². The van der Waals surface area contributed by atoms with Gasteiger partial charge in [-0.05, 0) is 36.7 Å². The molecule has 0 saturated carbocycles. The SMILES string of the molecule is CN=C(NCCc1cccc(C(=O)N(C)C)c1)NCCN(C)Cc1ccccc1. The van der Waals surface area contributed by atoms with Gasteiger partial charge in [-0.3, -0.25) is 9.79 Å². The van der Waals surface area contributed by atoms with Crippen LogP contribution in [0.5, 0.6) is 0 Å². The van der Waals surface area contributed by atoms with Gasteiger partial charge in [-0.1, -0.05) is 42.5 Å². The molecule has 0 spiro atoms. The van der Waals surface area contributed by atoms with E-state index in [2.05, 4.69) is 51.8 Å². The Morgan fingerprint density at radius 3 is 2.31 bits per heavy atom. The summed E-state index contributed by atoms with van der Waals surface area (Å²) in [5, 5.41) is 6.69. The fourth-order valence-electron chi connectivity index (χ4n) is 3.00. The van der Waals surface area contributed by atoms with Crippen molar-refractivity contribution < 1.29 is 4.79 Å². The van der Waals surface area contributed by atoms with Crippen LogP contribution in [0.15, 0.2) is 59.6 Å². The lowest BCUT2D eigenvalue weighted by Crippen LogP contribution is -2.41. The minimum absolute atomic E-state index is 0.0249. The minimum atomic E-state index is 0.0249. The zero-order valence-corrected chi connectivity index (χ0v) is 18.0. The number of aliphatic imine (C=N–C) groups is 1. The van der Waals surface area contributed by atoms with Crippen molar-refractivity contribution in [2.24, 2.45) is 4.99 Å². The summed E-state index contributed by atoms with van der Waals surface area (Å²) in [6, 6.07) is 18.3. The molecule has 0 saturated heterocycles. The molecule has 0 aliphatic carbocycles. The van der Waals surface area contributed by atoms with E-state index in [1.165, 1.54) is 5.56 Å². The van der Waals surface area contributed by atoms with Crippen LogP contribution in [0.3, 0.4) is 0 Å². The van der Waals surface area contributed by atoms with Crippen LogP contribution in [-0.2, 0) is 13.0 Å². The van der Waals surface area contributed by atoms with Crippen LogP contribution in [0.1, 0.15) is 21.5 Å². The van der Waals surface area contributed by atoms with Gasteiger partial charge < -0.3 is 20.4 Å². The third-order valence-corrected chi connectivity index (χ3v) is 4.59. The highest BCUT2D eigenvalue weighted by Gasteiger charge is 2.08. The Morgan fingerprint density at radius 1 is 0.931 bits per heavy atom. The Hall–Kier alpha value is -2.86. The molecule has 29 heavy (non-hydrogen) atoms. The summed E-state index contributed by atoms with van der Waals surface area (Å²) in [7, 11) is 7.43. The molecule has 0 fully saturated rings. The molecule has 6 nitrogen and oxygen atoms in total. The van der Waals surface area contributed by atoms with E-state index >= 15 is 0 Å². The second-order valence-electron chi connectivity index (χ2n) is 7.30. The van der Waals surface area contributed by atoms with Gasteiger partial charge in [-0.2, -0.15) is 0 Å². The Morgan fingerprint density at radius 2 is 1.62 bits per heavy atom. The highest BCUT2D eigenvalue weighted by atomic mass is 16.2. The third kappa shape index (κ3) is 7.95. The van der Waals surface area contributed by atoms with Gasteiger partial charge in [-0.25, -0.2) is 0 Å². The molecule has 2 rings (SSSR count). The first-order valence-electron chi connectivity index (χ1n) is 9.97. The Kier molecular flexibility index (Phi) is 9.18. The highest BCUT2D eigenvalue weighted by Crippen LogP contribution is 2.07. The molecule has 0 heterocycles. The first-order valence-corrected chi connectivity index (χ1v) is 9.97. The normalized spacial score (nSPS) is 11.4. The molecular weight excluding hydrogens is 362 g/mol. The number of nitrogens with one attached hydrogen (secondary N) is 2. The first kappa shape index (κ1) is 22.4. The maximum atomic E-state index is 12.1. The number of nitrogens with zero attached hydrogens (tertiary/aromatic N) is 3. The van der Waals surface area contributed by atoms with Gasteiger partial charge in [0.2, 0.25) is 0 Å². The molecule has 1 amide bonds. The van der Waals surface area contributed by atoms with Crippen molar-refractivity contribution in [1.82, 2.24) is 20.4 Å². The van der Waals surface area contributed by atoms with Gasteiger partial charge >= 0.3 is 0 Å². The quantitative estimate of drug-likeness (QED) is 0.505. The van der Waals surface area contributed by atoms with Gasteiger partial charge in [0.25, 0.3) is 5.91 Å². The summed E-state index contributed by atoms with van der Waals surface area (Å²) in [4.78, 5) is 20.3. The highest BCUT2D eigenvalue weighted by molar-refractivity contribution is 5.94. The number of rotatable bonds is 9. The van der Waals surface area contributed by atoms with Crippen LogP contribution >= 0.6 is 0 Å². The molecule has 0 aliphatic rings. The lowest BCUT2D eigenvalue weighted by atomic mass is 10.1.